The summed E-state index contributed by atoms with van der Waals surface area (Å²) in [4.78, 5) is 19.2. The van der Waals surface area contributed by atoms with E-state index in [0.29, 0.717) is 23.0 Å². The van der Waals surface area contributed by atoms with Crippen LogP contribution in [-0.4, -0.2) is 46.2 Å². The van der Waals surface area contributed by atoms with E-state index in [1.165, 1.54) is 0 Å². The first-order valence-electron chi connectivity index (χ1n) is 9.77. The Bertz CT molecular complexity index is 991. The van der Waals surface area contributed by atoms with Crippen LogP contribution in [0.15, 0.2) is 42.6 Å². The summed E-state index contributed by atoms with van der Waals surface area (Å²) in [5.74, 6) is 1.64. The van der Waals surface area contributed by atoms with Gasteiger partial charge < -0.3 is 15.4 Å². The number of hydrogen-bond acceptors (Lipinski definition) is 5. The van der Waals surface area contributed by atoms with Gasteiger partial charge in [0.25, 0.3) is 5.91 Å². The summed E-state index contributed by atoms with van der Waals surface area (Å²) in [5.41, 5.74) is 10.4. The van der Waals surface area contributed by atoms with Crippen LogP contribution >= 0.6 is 0 Å². The smallest absolute Gasteiger partial charge is 0.253 e. The number of anilines is 1. The summed E-state index contributed by atoms with van der Waals surface area (Å²) in [6, 6.07) is 11.4. The normalized spacial score (nSPS) is 14.8. The van der Waals surface area contributed by atoms with Crippen molar-refractivity contribution in [3.05, 3.63) is 59.5 Å². The zero-order valence-corrected chi connectivity index (χ0v) is 16.7. The maximum Gasteiger partial charge on any atom is 0.253 e. The highest BCUT2D eigenvalue weighted by Crippen LogP contribution is 2.31. The predicted octanol–water partition coefficient (Wildman–Crippen LogP) is 3.39. The third kappa shape index (κ3) is 3.81. The molecule has 3 heterocycles. The van der Waals surface area contributed by atoms with Crippen molar-refractivity contribution in [2.45, 2.75) is 25.7 Å². The second kappa shape index (κ2) is 7.95. The van der Waals surface area contributed by atoms with E-state index in [1.807, 2.05) is 48.2 Å². The molecule has 0 spiro atoms. The summed E-state index contributed by atoms with van der Waals surface area (Å²) in [6.45, 7) is 3.35. The van der Waals surface area contributed by atoms with E-state index in [9.17, 15) is 4.79 Å². The fraction of sp³-hybridized carbons (Fsp3) is 0.318. The van der Waals surface area contributed by atoms with Gasteiger partial charge in [-0.3, -0.25) is 9.89 Å². The van der Waals surface area contributed by atoms with E-state index in [0.717, 1.165) is 48.4 Å². The van der Waals surface area contributed by atoms with E-state index in [1.54, 1.807) is 13.3 Å². The summed E-state index contributed by atoms with van der Waals surface area (Å²) in [7, 11) is 1.61. The number of amides is 1. The minimum atomic E-state index is 0.0622. The number of rotatable bonds is 4. The lowest BCUT2D eigenvalue weighted by Gasteiger charge is -2.31. The molecule has 1 amide bonds. The monoisotopic (exact) mass is 391 g/mol. The molecule has 1 aromatic carbocycles. The number of ether oxygens (including phenoxy) is 1. The molecule has 150 valence electrons. The predicted molar refractivity (Wildman–Crippen MR) is 112 cm³/mol. The number of aryl methyl sites for hydroxylation is 1. The second-order valence-electron chi connectivity index (χ2n) is 7.36. The minimum Gasteiger partial charge on any atom is -0.495 e. The third-order valence-corrected chi connectivity index (χ3v) is 5.60. The molecule has 0 bridgehead atoms. The number of nitrogens with zero attached hydrogens (tertiary/aromatic N) is 3. The molecule has 1 saturated heterocycles. The Morgan fingerprint density at radius 3 is 2.55 bits per heavy atom. The molecule has 7 heteroatoms. The van der Waals surface area contributed by atoms with Gasteiger partial charge >= 0.3 is 0 Å². The molecule has 3 N–H and O–H groups in total. The zero-order valence-electron chi connectivity index (χ0n) is 16.7. The minimum absolute atomic E-state index is 0.0622. The summed E-state index contributed by atoms with van der Waals surface area (Å²) in [5, 5.41) is 7.07. The van der Waals surface area contributed by atoms with Crippen molar-refractivity contribution >= 4 is 11.7 Å². The molecule has 0 radical (unpaired) electrons. The van der Waals surface area contributed by atoms with Gasteiger partial charge in [-0.15, -0.1) is 0 Å². The molecule has 4 rings (SSSR count). The van der Waals surface area contributed by atoms with Gasteiger partial charge in [-0.25, -0.2) is 4.98 Å². The number of aromatic amines is 1. The van der Waals surface area contributed by atoms with Crippen LogP contribution in [0.3, 0.4) is 0 Å². The number of aromatic nitrogens is 3. The Morgan fingerprint density at radius 2 is 1.93 bits per heavy atom. The molecule has 1 aliphatic heterocycles. The number of nitrogens with two attached hydrogens (primary N) is 1. The molecule has 29 heavy (non-hydrogen) atoms. The summed E-state index contributed by atoms with van der Waals surface area (Å²) < 4.78 is 5.35. The Kier molecular flexibility index (Phi) is 5.20. The average Bonchev–Trinajstić information content (AvgIpc) is 3.29. The lowest BCUT2D eigenvalue weighted by Crippen LogP contribution is -2.38. The number of hydrogen-bond donors (Lipinski definition) is 2. The van der Waals surface area contributed by atoms with Crippen molar-refractivity contribution < 1.29 is 9.53 Å². The van der Waals surface area contributed by atoms with E-state index in [4.69, 9.17) is 10.5 Å². The number of piperidine rings is 1. The summed E-state index contributed by atoms with van der Waals surface area (Å²) >= 11 is 0. The lowest BCUT2D eigenvalue weighted by atomic mass is 9.93. The quantitative estimate of drug-likeness (QED) is 0.710. The molecule has 1 fully saturated rings. The number of carbonyl (C=O) groups excluding carboxylic acids is 1. The van der Waals surface area contributed by atoms with Crippen LogP contribution in [0.4, 0.5) is 5.82 Å². The number of carbonyl (C=O) groups is 1. The molecule has 0 aliphatic carbocycles. The van der Waals surface area contributed by atoms with E-state index >= 15 is 0 Å². The first-order chi connectivity index (χ1) is 14.1. The van der Waals surface area contributed by atoms with Crippen LogP contribution in [-0.2, 0) is 0 Å². The van der Waals surface area contributed by atoms with Crippen LogP contribution in [0, 0.1) is 6.92 Å². The van der Waals surface area contributed by atoms with Gasteiger partial charge in [-0.1, -0.05) is 12.1 Å². The van der Waals surface area contributed by atoms with Gasteiger partial charge in [-0.05, 0) is 49.6 Å². The molecule has 0 unspecified atom stereocenters. The van der Waals surface area contributed by atoms with E-state index in [2.05, 4.69) is 15.2 Å². The number of methoxy groups -OCH3 is 1. The molecule has 0 saturated carbocycles. The Labute approximate surface area is 169 Å². The molecule has 0 atom stereocenters. The molecular formula is C22H25N5O2. The Balaban J connectivity index is 1.46. The van der Waals surface area contributed by atoms with Crippen LogP contribution < -0.4 is 10.5 Å². The zero-order chi connectivity index (χ0) is 20.4. The number of nitrogen functional groups attached to an aromatic ring is 1. The number of benzene rings is 1. The molecule has 1 aliphatic rings. The second-order valence-corrected chi connectivity index (χ2v) is 7.36. The first kappa shape index (κ1) is 19.0. The van der Waals surface area contributed by atoms with Gasteiger partial charge in [-0.2, -0.15) is 5.10 Å². The number of H-pyrrole nitrogens is 1. The van der Waals surface area contributed by atoms with E-state index in [-0.39, 0.29) is 5.91 Å². The van der Waals surface area contributed by atoms with Crippen molar-refractivity contribution in [1.82, 2.24) is 20.1 Å². The topological polar surface area (TPSA) is 97.1 Å². The van der Waals surface area contributed by atoms with Crippen LogP contribution in [0.5, 0.6) is 5.75 Å². The molecule has 3 aromatic rings. The maximum absolute atomic E-state index is 12.9. The van der Waals surface area contributed by atoms with Crippen LogP contribution in [0.1, 0.15) is 40.5 Å². The lowest BCUT2D eigenvalue weighted by molar-refractivity contribution is 0.0712. The average molecular weight is 391 g/mol. The van der Waals surface area contributed by atoms with Crippen LogP contribution in [0.25, 0.3) is 11.1 Å². The van der Waals surface area contributed by atoms with Gasteiger partial charge in [0.2, 0.25) is 0 Å². The van der Waals surface area contributed by atoms with Gasteiger partial charge in [0.05, 0.1) is 12.8 Å². The highest BCUT2D eigenvalue weighted by molar-refractivity contribution is 5.95. The first-order valence-corrected chi connectivity index (χ1v) is 9.77. The summed E-state index contributed by atoms with van der Waals surface area (Å²) in [6.07, 6.45) is 3.66. The van der Waals surface area contributed by atoms with Gasteiger partial charge in [0.1, 0.15) is 11.6 Å². The van der Waals surface area contributed by atoms with Crippen molar-refractivity contribution in [2.75, 3.05) is 25.9 Å². The highest BCUT2D eigenvalue weighted by Gasteiger charge is 2.25. The Hall–Kier alpha value is -3.35. The van der Waals surface area contributed by atoms with Gasteiger partial charge in [0.15, 0.2) is 0 Å². The fourth-order valence-corrected chi connectivity index (χ4v) is 3.91. The maximum atomic E-state index is 12.9. The van der Waals surface area contributed by atoms with Crippen LogP contribution in [0.2, 0.25) is 0 Å². The van der Waals surface area contributed by atoms with Crippen molar-refractivity contribution in [1.29, 1.82) is 0 Å². The standard InChI is InChI=1S/C22H25N5O2/c1-14-20(29-2)13-18(21(23)25-14)15-3-5-17(6-4-15)22(28)27-11-8-16(9-12-27)19-7-10-24-26-19/h3-7,10,13,16H,8-9,11-12H2,1-2H3,(H2,23,25)(H,24,26). The molecular weight excluding hydrogens is 366 g/mol. The highest BCUT2D eigenvalue weighted by atomic mass is 16.5. The number of likely N-dealkylation sites (tertiary alicyclic amines) is 1. The van der Waals surface area contributed by atoms with Crippen molar-refractivity contribution in [3.8, 4) is 16.9 Å². The fourth-order valence-electron chi connectivity index (χ4n) is 3.91. The number of pyridine rings is 1. The van der Waals surface area contributed by atoms with Crippen molar-refractivity contribution in [2.24, 2.45) is 0 Å². The molecule has 2 aromatic heterocycles. The largest absolute Gasteiger partial charge is 0.495 e. The Morgan fingerprint density at radius 1 is 1.21 bits per heavy atom. The van der Waals surface area contributed by atoms with Gasteiger partial charge in [0, 0.05) is 42.0 Å². The SMILES string of the molecule is COc1cc(-c2ccc(C(=O)N3CCC(c4ccn[nH]4)CC3)cc2)c(N)nc1C. The molecule has 7 nitrogen and oxygen atoms in total. The van der Waals surface area contributed by atoms with E-state index < -0.39 is 0 Å². The number of nitrogens with one attached hydrogen (secondary N) is 1. The third-order valence-electron chi connectivity index (χ3n) is 5.60. The van der Waals surface area contributed by atoms with Crippen molar-refractivity contribution in [3.63, 3.8) is 0 Å².